The van der Waals surface area contributed by atoms with Gasteiger partial charge in [-0.05, 0) is 52.1 Å². The number of hydrogen-bond donors (Lipinski definition) is 0. The maximum Gasteiger partial charge on any atom is 0.254 e. The molecule has 120 valence electrons. The summed E-state index contributed by atoms with van der Waals surface area (Å²) in [5.41, 5.74) is 2.12. The third kappa shape index (κ3) is 2.06. The van der Waals surface area contributed by atoms with E-state index in [4.69, 9.17) is 0 Å². The lowest BCUT2D eigenvalue weighted by atomic mass is 9.94. The van der Waals surface area contributed by atoms with Crippen LogP contribution in [0.15, 0.2) is 48.5 Å². The van der Waals surface area contributed by atoms with Crippen LogP contribution in [0, 0.1) is 0 Å². The predicted octanol–water partition coefficient (Wildman–Crippen LogP) is 5.28. The second-order valence-electron chi connectivity index (χ2n) is 7.24. The first kappa shape index (κ1) is 14.0. The second kappa shape index (κ2) is 5.34. The molecule has 5 rings (SSSR count). The number of hydrogen-bond acceptors (Lipinski definition) is 1. The number of carbonyl (C=O) groups is 1. The van der Waals surface area contributed by atoms with Gasteiger partial charge in [0.1, 0.15) is 0 Å². The molecule has 24 heavy (non-hydrogen) atoms. The van der Waals surface area contributed by atoms with E-state index in [1.807, 2.05) is 0 Å². The summed E-state index contributed by atoms with van der Waals surface area (Å²) in [4.78, 5) is 15.1. The van der Waals surface area contributed by atoms with Gasteiger partial charge in [-0.1, -0.05) is 55.7 Å². The van der Waals surface area contributed by atoms with Crippen LogP contribution in [0.3, 0.4) is 0 Å². The first-order valence-corrected chi connectivity index (χ1v) is 9.06. The number of rotatable bonds is 1. The Balaban J connectivity index is 1.63. The molecule has 3 aromatic rings. The third-order valence-electron chi connectivity index (χ3n) is 5.82. The number of carbonyl (C=O) groups excluding carboxylic acids is 1. The molecule has 2 aliphatic rings. The van der Waals surface area contributed by atoms with Crippen molar-refractivity contribution in [3.8, 4) is 0 Å². The molecule has 0 unspecified atom stereocenters. The highest BCUT2D eigenvalue weighted by Gasteiger charge is 2.33. The molecule has 1 amide bonds. The Kier molecular flexibility index (Phi) is 3.12. The van der Waals surface area contributed by atoms with E-state index in [2.05, 4.69) is 53.4 Å². The summed E-state index contributed by atoms with van der Waals surface area (Å²) in [5, 5.41) is 4.98. The van der Waals surface area contributed by atoms with Crippen LogP contribution < -0.4 is 0 Å². The zero-order valence-electron chi connectivity index (χ0n) is 13.8. The molecule has 0 N–H and O–H groups in total. The molecule has 0 radical (unpaired) electrons. The minimum absolute atomic E-state index is 0.243. The Labute approximate surface area is 142 Å². The number of amides is 1. The van der Waals surface area contributed by atoms with E-state index >= 15 is 0 Å². The quantitative estimate of drug-likeness (QED) is 0.559. The summed E-state index contributed by atoms with van der Waals surface area (Å²) in [7, 11) is 0. The van der Waals surface area contributed by atoms with Gasteiger partial charge in [-0.25, -0.2) is 0 Å². The second-order valence-corrected chi connectivity index (χ2v) is 7.24. The van der Waals surface area contributed by atoms with Gasteiger partial charge >= 0.3 is 0 Å². The molecular formula is C22H21NO. The molecule has 3 aromatic carbocycles. The monoisotopic (exact) mass is 315 g/mol. The van der Waals surface area contributed by atoms with Crippen LogP contribution in [0.5, 0.6) is 0 Å². The molecule has 1 aliphatic heterocycles. The van der Waals surface area contributed by atoms with Gasteiger partial charge < -0.3 is 4.90 Å². The highest BCUT2D eigenvalue weighted by atomic mass is 16.2. The van der Waals surface area contributed by atoms with Crippen LogP contribution in [-0.4, -0.2) is 16.8 Å². The predicted molar refractivity (Wildman–Crippen MR) is 98.2 cm³/mol. The fourth-order valence-corrected chi connectivity index (χ4v) is 4.53. The lowest BCUT2D eigenvalue weighted by Gasteiger charge is -2.30. The largest absolute Gasteiger partial charge is 0.331 e. The van der Waals surface area contributed by atoms with Crippen molar-refractivity contribution in [2.24, 2.45) is 0 Å². The van der Waals surface area contributed by atoms with Gasteiger partial charge in [-0.2, -0.15) is 0 Å². The van der Waals surface area contributed by atoms with Gasteiger partial charge in [-0.3, -0.25) is 4.79 Å². The van der Waals surface area contributed by atoms with Gasteiger partial charge in [-0.15, -0.1) is 0 Å². The molecule has 1 saturated carbocycles. The molecule has 1 aliphatic carbocycles. The molecule has 0 spiro atoms. The normalized spacial score (nSPS) is 18.5. The molecule has 0 aromatic heterocycles. The Morgan fingerprint density at radius 3 is 2.50 bits per heavy atom. The van der Waals surface area contributed by atoms with Gasteiger partial charge in [0, 0.05) is 18.2 Å². The molecule has 0 bridgehead atoms. The van der Waals surface area contributed by atoms with Gasteiger partial charge in [0.25, 0.3) is 5.91 Å². The average Bonchev–Trinajstić information content (AvgIpc) is 2.97. The summed E-state index contributed by atoms with van der Waals surface area (Å²) in [6.45, 7) is 0.790. The Hall–Kier alpha value is -2.35. The molecule has 0 atom stereocenters. The van der Waals surface area contributed by atoms with Crippen molar-refractivity contribution >= 4 is 27.5 Å². The first-order valence-electron chi connectivity index (χ1n) is 9.06. The van der Waals surface area contributed by atoms with Gasteiger partial charge in [0.15, 0.2) is 0 Å². The maximum absolute atomic E-state index is 12.9. The van der Waals surface area contributed by atoms with Gasteiger partial charge in [0.2, 0.25) is 0 Å². The van der Waals surface area contributed by atoms with Crippen LogP contribution in [0.4, 0.5) is 0 Å². The molecule has 0 saturated heterocycles. The van der Waals surface area contributed by atoms with E-state index in [0.29, 0.717) is 6.04 Å². The number of benzene rings is 3. The van der Waals surface area contributed by atoms with Crippen molar-refractivity contribution in [1.82, 2.24) is 4.90 Å². The van der Waals surface area contributed by atoms with Crippen LogP contribution in [0.1, 0.15) is 48.0 Å². The third-order valence-corrected chi connectivity index (χ3v) is 5.82. The molecule has 2 heteroatoms. The Bertz CT molecular complexity index is 953. The maximum atomic E-state index is 12.9. The fourth-order valence-electron chi connectivity index (χ4n) is 4.53. The van der Waals surface area contributed by atoms with E-state index in [1.165, 1.54) is 59.2 Å². The van der Waals surface area contributed by atoms with Gasteiger partial charge in [0.05, 0.1) is 0 Å². The highest BCUT2D eigenvalue weighted by molar-refractivity contribution is 6.11. The van der Waals surface area contributed by atoms with Crippen LogP contribution in [0.25, 0.3) is 21.5 Å². The zero-order valence-corrected chi connectivity index (χ0v) is 13.8. The minimum atomic E-state index is 0.243. The smallest absolute Gasteiger partial charge is 0.254 e. The average molecular weight is 315 g/mol. The topological polar surface area (TPSA) is 20.3 Å². The summed E-state index contributed by atoms with van der Waals surface area (Å²) in [5.74, 6) is 0.243. The first-order chi connectivity index (χ1) is 11.8. The number of nitrogens with zero attached hydrogens (tertiary/aromatic N) is 1. The van der Waals surface area contributed by atoms with Crippen molar-refractivity contribution in [1.29, 1.82) is 0 Å². The summed E-state index contributed by atoms with van der Waals surface area (Å²) < 4.78 is 0. The van der Waals surface area contributed by atoms with Crippen molar-refractivity contribution < 1.29 is 4.79 Å². The molecule has 1 heterocycles. The number of fused-ring (bicyclic) bond motifs is 4. The van der Waals surface area contributed by atoms with E-state index in [-0.39, 0.29) is 5.91 Å². The summed E-state index contributed by atoms with van der Waals surface area (Å²) in [6, 6.07) is 17.6. The lowest BCUT2D eigenvalue weighted by Crippen LogP contribution is -2.36. The van der Waals surface area contributed by atoms with E-state index in [0.717, 1.165) is 12.1 Å². The SMILES string of the molecule is O=C1c2cc3ccc4ccccc4c3cc2CN1C1CCCCC1. The summed E-state index contributed by atoms with van der Waals surface area (Å²) in [6.07, 6.45) is 6.18. The van der Waals surface area contributed by atoms with E-state index < -0.39 is 0 Å². The van der Waals surface area contributed by atoms with Crippen molar-refractivity contribution in [2.75, 3.05) is 0 Å². The van der Waals surface area contributed by atoms with E-state index in [1.54, 1.807) is 0 Å². The lowest BCUT2D eigenvalue weighted by molar-refractivity contribution is 0.0660. The van der Waals surface area contributed by atoms with Crippen molar-refractivity contribution in [3.05, 3.63) is 59.7 Å². The molecular weight excluding hydrogens is 294 g/mol. The standard InChI is InChI=1S/C22H21NO/c24-22-21-12-16-11-10-15-6-4-5-9-19(15)20(16)13-17(21)14-23(22)18-7-2-1-3-8-18/h4-6,9-13,18H,1-3,7-8,14H2. The Morgan fingerprint density at radius 1 is 0.833 bits per heavy atom. The molecule has 2 nitrogen and oxygen atoms in total. The highest BCUT2D eigenvalue weighted by Crippen LogP contribution is 2.35. The summed E-state index contributed by atoms with van der Waals surface area (Å²) >= 11 is 0. The minimum Gasteiger partial charge on any atom is -0.331 e. The fraction of sp³-hybridized carbons (Fsp3) is 0.318. The Morgan fingerprint density at radius 2 is 1.62 bits per heavy atom. The van der Waals surface area contributed by atoms with Crippen molar-refractivity contribution in [3.63, 3.8) is 0 Å². The zero-order chi connectivity index (χ0) is 16.1. The van der Waals surface area contributed by atoms with Crippen LogP contribution in [-0.2, 0) is 6.54 Å². The molecule has 1 fully saturated rings. The van der Waals surface area contributed by atoms with Crippen LogP contribution in [0.2, 0.25) is 0 Å². The van der Waals surface area contributed by atoms with Crippen molar-refractivity contribution in [2.45, 2.75) is 44.7 Å². The van der Waals surface area contributed by atoms with Crippen LogP contribution >= 0.6 is 0 Å². The van der Waals surface area contributed by atoms with E-state index in [9.17, 15) is 4.79 Å².